The summed E-state index contributed by atoms with van der Waals surface area (Å²) in [7, 11) is 0. The molecule has 4 heteroatoms. The van der Waals surface area contributed by atoms with Crippen molar-refractivity contribution in [3.8, 4) is 0 Å². The van der Waals surface area contributed by atoms with E-state index in [9.17, 15) is 4.79 Å². The second-order valence-corrected chi connectivity index (χ2v) is 5.31. The summed E-state index contributed by atoms with van der Waals surface area (Å²) in [6.45, 7) is 6.99. The highest BCUT2D eigenvalue weighted by Gasteiger charge is 2.32. The standard InChI is InChI=1S/C11H22N2OS/c1-4-6-10-12-7-11(14)13(10)9(3)8-15-5-2/h9-10,12H,4-8H2,1-3H3. The van der Waals surface area contributed by atoms with Crippen molar-refractivity contribution in [3.63, 3.8) is 0 Å². The number of nitrogens with one attached hydrogen (secondary N) is 1. The minimum atomic E-state index is 0.262. The minimum Gasteiger partial charge on any atom is -0.323 e. The average molecular weight is 230 g/mol. The first-order chi connectivity index (χ1) is 7.20. The highest BCUT2D eigenvalue weighted by Crippen LogP contribution is 2.17. The van der Waals surface area contributed by atoms with Crippen molar-refractivity contribution in [1.29, 1.82) is 0 Å². The lowest BCUT2D eigenvalue weighted by molar-refractivity contribution is -0.129. The number of nitrogens with zero attached hydrogens (tertiary/aromatic N) is 1. The summed E-state index contributed by atoms with van der Waals surface area (Å²) >= 11 is 1.90. The summed E-state index contributed by atoms with van der Waals surface area (Å²) < 4.78 is 0. The van der Waals surface area contributed by atoms with Crippen molar-refractivity contribution < 1.29 is 4.79 Å². The smallest absolute Gasteiger partial charge is 0.238 e. The Morgan fingerprint density at radius 2 is 2.33 bits per heavy atom. The van der Waals surface area contributed by atoms with Gasteiger partial charge in [-0.05, 0) is 19.1 Å². The summed E-state index contributed by atoms with van der Waals surface area (Å²) in [5, 5.41) is 3.28. The zero-order valence-electron chi connectivity index (χ0n) is 9.95. The molecule has 1 aliphatic rings. The molecule has 0 aliphatic carbocycles. The maximum absolute atomic E-state index is 11.7. The molecule has 0 aromatic carbocycles. The van der Waals surface area contributed by atoms with Crippen LogP contribution in [0.2, 0.25) is 0 Å². The van der Waals surface area contributed by atoms with E-state index in [1.165, 1.54) is 0 Å². The van der Waals surface area contributed by atoms with Crippen LogP contribution in [0.5, 0.6) is 0 Å². The first kappa shape index (κ1) is 12.8. The zero-order valence-corrected chi connectivity index (χ0v) is 10.8. The lowest BCUT2D eigenvalue weighted by Gasteiger charge is -2.30. The Kier molecular flexibility index (Phi) is 5.47. The van der Waals surface area contributed by atoms with Crippen molar-refractivity contribution in [1.82, 2.24) is 10.2 Å². The topological polar surface area (TPSA) is 32.3 Å². The second kappa shape index (κ2) is 6.38. The number of amides is 1. The Balaban J connectivity index is 2.50. The average Bonchev–Trinajstić information content (AvgIpc) is 2.57. The zero-order chi connectivity index (χ0) is 11.3. The molecule has 0 radical (unpaired) electrons. The molecule has 1 aliphatic heterocycles. The van der Waals surface area contributed by atoms with E-state index in [1.807, 2.05) is 16.7 Å². The first-order valence-electron chi connectivity index (χ1n) is 5.83. The fourth-order valence-corrected chi connectivity index (χ4v) is 2.74. The van der Waals surface area contributed by atoms with Crippen LogP contribution in [-0.2, 0) is 4.79 Å². The van der Waals surface area contributed by atoms with E-state index < -0.39 is 0 Å². The summed E-state index contributed by atoms with van der Waals surface area (Å²) in [5.74, 6) is 2.43. The molecule has 1 fully saturated rings. The summed E-state index contributed by atoms with van der Waals surface area (Å²) in [6, 6.07) is 0.356. The largest absolute Gasteiger partial charge is 0.323 e. The van der Waals surface area contributed by atoms with Crippen molar-refractivity contribution in [2.45, 2.75) is 45.8 Å². The van der Waals surface area contributed by atoms with Crippen LogP contribution < -0.4 is 5.32 Å². The second-order valence-electron chi connectivity index (χ2n) is 3.99. The summed E-state index contributed by atoms with van der Waals surface area (Å²) in [6.07, 6.45) is 2.46. The Morgan fingerprint density at radius 1 is 1.60 bits per heavy atom. The number of carbonyl (C=O) groups excluding carboxylic acids is 1. The van der Waals surface area contributed by atoms with E-state index >= 15 is 0 Å². The van der Waals surface area contributed by atoms with Gasteiger partial charge in [0.05, 0.1) is 12.7 Å². The molecule has 1 N–H and O–H groups in total. The monoisotopic (exact) mass is 230 g/mol. The molecule has 0 aromatic rings. The van der Waals surface area contributed by atoms with Crippen LogP contribution in [0.3, 0.4) is 0 Å². The van der Waals surface area contributed by atoms with Gasteiger partial charge in [0.1, 0.15) is 0 Å². The number of rotatable bonds is 6. The van der Waals surface area contributed by atoms with Crippen LogP contribution in [0.25, 0.3) is 0 Å². The lowest BCUT2D eigenvalue weighted by atomic mass is 10.2. The molecule has 0 aromatic heterocycles. The fourth-order valence-electron chi connectivity index (χ4n) is 2.00. The van der Waals surface area contributed by atoms with Gasteiger partial charge in [0, 0.05) is 11.8 Å². The molecule has 1 saturated heterocycles. The molecule has 2 atom stereocenters. The molecule has 1 rings (SSSR count). The molecule has 0 bridgehead atoms. The van der Waals surface area contributed by atoms with E-state index in [-0.39, 0.29) is 12.1 Å². The Bertz CT molecular complexity index is 211. The molecule has 3 nitrogen and oxygen atoms in total. The van der Waals surface area contributed by atoms with Gasteiger partial charge < -0.3 is 4.90 Å². The quantitative estimate of drug-likeness (QED) is 0.753. The van der Waals surface area contributed by atoms with Crippen LogP contribution in [0, 0.1) is 0 Å². The minimum absolute atomic E-state index is 0.262. The van der Waals surface area contributed by atoms with Crippen molar-refractivity contribution in [2.75, 3.05) is 18.1 Å². The number of carbonyl (C=O) groups is 1. The van der Waals surface area contributed by atoms with E-state index in [1.54, 1.807) is 0 Å². The number of hydrogen-bond donors (Lipinski definition) is 1. The van der Waals surface area contributed by atoms with Gasteiger partial charge >= 0.3 is 0 Å². The highest BCUT2D eigenvalue weighted by atomic mass is 32.2. The molecule has 2 unspecified atom stereocenters. The van der Waals surface area contributed by atoms with Gasteiger partial charge in [-0.3, -0.25) is 10.1 Å². The van der Waals surface area contributed by atoms with E-state index in [4.69, 9.17) is 0 Å². The van der Waals surface area contributed by atoms with Crippen LogP contribution >= 0.6 is 11.8 Å². The third-order valence-corrected chi connectivity index (χ3v) is 3.84. The molecule has 1 heterocycles. The van der Waals surface area contributed by atoms with Gasteiger partial charge in [0.25, 0.3) is 0 Å². The van der Waals surface area contributed by atoms with Gasteiger partial charge in [0.2, 0.25) is 5.91 Å². The van der Waals surface area contributed by atoms with Gasteiger partial charge in [-0.25, -0.2) is 0 Å². The summed E-state index contributed by atoms with van der Waals surface area (Å²) in [4.78, 5) is 13.8. The lowest BCUT2D eigenvalue weighted by Crippen LogP contribution is -2.44. The molecule has 0 spiro atoms. The van der Waals surface area contributed by atoms with E-state index in [2.05, 4.69) is 26.1 Å². The molecule has 0 saturated carbocycles. The van der Waals surface area contributed by atoms with Crippen molar-refractivity contribution >= 4 is 17.7 Å². The Morgan fingerprint density at radius 3 is 2.93 bits per heavy atom. The van der Waals surface area contributed by atoms with Crippen LogP contribution in [-0.4, -0.2) is 41.1 Å². The maximum atomic E-state index is 11.7. The number of thioether (sulfide) groups is 1. The third-order valence-electron chi connectivity index (χ3n) is 2.71. The molecular weight excluding hydrogens is 208 g/mol. The van der Waals surface area contributed by atoms with Crippen LogP contribution in [0.4, 0.5) is 0 Å². The predicted octanol–water partition coefficient (Wildman–Crippen LogP) is 1.69. The fraction of sp³-hybridized carbons (Fsp3) is 0.909. The SMILES string of the molecule is CCCC1NCC(=O)N1C(C)CSCC. The number of hydrogen-bond acceptors (Lipinski definition) is 3. The molecule has 1 amide bonds. The third kappa shape index (κ3) is 3.38. The van der Waals surface area contributed by atoms with Gasteiger partial charge in [-0.2, -0.15) is 11.8 Å². The Labute approximate surface area is 97.0 Å². The summed E-state index contributed by atoms with van der Waals surface area (Å²) in [5.41, 5.74) is 0. The van der Waals surface area contributed by atoms with E-state index in [0.29, 0.717) is 12.6 Å². The van der Waals surface area contributed by atoms with Crippen molar-refractivity contribution in [2.24, 2.45) is 0 Å². The van der Waals surface area contributed by atoms with Gasteiger partial charge in [0.15, 0.2) is 0 Å². The molecular formula is C11H22N2OS. The predicted molar refractivity (Wildman–Crippen MR) is 66.0 cm³/mol. The van der Waals surface area contributed by atoms with Crippen LogP contribution in [0.15, 0.2) is 0 Å². The van der Waals surface area contributed by atoms with E-state index in [0.717, 1.165) is 24.3 Å². The maximum Gasteiger partial charge on any atom is 0.238 e. The molecule has 15 heavy (non-hydrogen) atoms. The van der Waals surface area contributed by atoms with Gasteiger partial charge in [-0.1, -0.05) is 20.3 Å². The van der Waals surface area contributed by atoms with Crippen molar-refractivity contribution in [3.05, 3.63) is 0 Å². The normalized spacial score (nSPS) is 23.5. The Hall–Kier alpha value is -0.220. The highest BCUT2D eigenvalue weighted by molar-refractivity contribution is 7.99. The van der Waals surface area contributed by atoms with Crippen LogP contribution in [0.1, 0.15) is 33.6 Å². The first-order valence-corrected chi connectivity index (χ1v) is 6.98. The molecule has 88 valence electrons. The van der Waals surface area contributed by atoms with Gasteiger partial charge in [-0.15, -0.1) is 0 Å².